The minimum Gasteiger partial charge on any atom is -0.481 e. The predicted octanol–water partition coefficient (Wildman–Crippen LogP) is 4.69. The summed E-state index contributed by atoms with van der Waals surface area (Å²) in [6, 6.07) is 4.58. The van der Waals surface area contributed by atoms with Gasteiger partial charge in [0.2, 0.25) is 0 Å². The van der Waals surface area contributed by atoms with E-state index < -0.39 is 17.8 Å². The van der Waals surface area contributed by atoms with Crippen molar-refractivity contribution in [1.29, 1.82) is 0 Å². The Labute approximate surface area is 199 Å². The maximum Gasteiger partial charge on any atom is 0.338 e. The van der Waals surface area contributed by atoms with Crippen molar-refractivity contribution >= 4 is 23.8 Å². The van der Waals surface area contributed by atoms with Crippen molar-refractivity contribution in [3.63, 3.8) is 0 Å². The lowest BCUT2D eigenvalue weighted by molar-refractivity contribution is -0.137. The topological polar surface area (TPSA) is 101 Å². The van der Waals surface area contributed by atoms with Crippen LogP contribution in [0.3, 0.4) is 0 Å². The molecule has 4 bridgehead atoms. The van der Waals surface area contributed by atoms with Crippen LogP contribution in [0, 0.1) is 23.2 Å². The Balaban J connectivity index is 1.15. The van der Waals surface area contributed by atoms with E-state index in [0.717, 1.165) is 24.2 Å². The highest BCUT2D eigenvalue weighted by molar-refractivity contribution is 6.21. The number of carboxylic acid groups (broad SMARTS) is 1. The van der Waals surface area contributed by atoms with E-state index >= 15 is 0 Å². The van der Waals surface area contributed by atoms with Gasteiger partial charge in [0.25, 0.3) is 11.8 Å². The number of esters is 1. The molecular formula is C27H33NO6. The van der Waals surface area contributed by atoms with Crippen LogP contribution in [0.15, 0.2) is 18.2 Å². The third kappa shape index (κ3) is 4.49. The number of ether oxygens (including phenoxy) is 1. The quantitative estimate of drug-likeness (QED) is 0.304. The molecule has 1 aromatic rings. The maximum atomic E-state index is 12.8. The van der Waals surface area contributed by atoms with E-state index in [2.05, 4.69) is 0 Å². The molecule has 7 heteroatoms. The number of amides is 2. The average Bonchev–Trinajstić information content (AvgIpc) is 3.01. The van der Waals surface area contributed by atoms with Crippen molar-refractivity contribution in [1.82, 2.24) is 4.90 Å². The first kappa shape index (κ1) is 23.1. The van der Waals surface area contributed by atoms with Gasteiger partial charge in [0.05, 0.1) is 23.3 Å². The summed E-state index contributed by atoms with van der Waals surface area (Å²) in [6.45, 7) is 0.647. The predicted molar refractivity (Wildman–Crippen MR) is 123 cm³/mol. The van der Waals surface area contributed by atoms with E-state index in [4.69, 9.17) is 9.84 Å². The first-order valence-electron chi connectivity index (χ1n) is 12.7. The van der Waals surface area contributed by atoms with Gasteiger partial charge in [-0.15, -0.1) is 0 Å². The molecule has 0 aromatic heterocycles. The molecule has 182 valence electrons. The van der Waals surface area contributed by atoms with Gasteiger partial charge >= 0.3 is 11.9 Å². The maximum absolute atomic E-state index is 12.8. The van der Waals surface area contributed by atoms with Gasteiger partial charge < -0.3 is 9.84 Å². The monoisotopic (exact) mass is 467 g/mol. The smallest absolute Gasteiger partial charge is 0.338 e. The van der Waals surface area contributed by atoms with Gasteiger partial charge in [-0.2, -0.15) is 0 Å². The summed E-state index contributed by atoms with van der Waals surface area (Å²) in [7, 11) is 0. The van der Waals surface area contributed by atoms with Gasteiger partial charge in [-0.1, -0.05) is 6.42 Å². The van der Waals surface area contributed by atoms with E-state index in [1.54, 1.807) is 6.07 Å². The molecule has 0 radical (unpaired) electrons. The van der Waals surface area contributed by atoms with Crippen LogP contribution in [-0.2, 0) is 9.53 Å². The van der Waals surface area contributed by atoms with Crippen LogP contribution in [0.25, 0.3) is 0 Å². The number of imide groups is 1. The van der Waals surface area contributed by atoms with E-state index in [9.17, 15) is 19.2 Å². The zero-order valence-corrected chi connectivity index (χ0v) is 19.6. The number of unbranched alkanes of at least 4 members (excludes halogenated alkanes) is 2. The highest BCUT2D eigenvalue weighted by atomic mass is 16.5. The fourth-order valence-corrected chi connectivity index (χ4v) is 7.38. The van der Waals surface area contributed by atoms with Gasteiger partial charge in [-0.25, -0.2) is 4.79 Å². The summed E-state index contributed by atoms with van der Waals surface area (Å²) >= 11 is 0. The molecule has 1 aliphatic heterocycles. The third-order valence-corrected chi connectivity index (χ3v) is 8.51. The van der Waals surface area contributed by atoms with E-state index in [0.29, 0.717) is 42.4 Å². The first-order valence-corrected chi connectivity index (χ1v) is 12.7. The average molecular weight is 468 g/mol. The lowest BCUT2D eigenvalue weighted by atomic mass is 9.49. The SMILES string of the molecule is O=C(O)CCCCCN1C(=O)c2ccc(C(=O)OCCC34CC5CC(CC(C5)C3)C4)cc2C1=O. The Hall–Kier alpha value is -2.70. The molecule has 5 aliphatic rings. The number of carbonyl (C=O) groups is 4. The molecular weight excluding hydrogens is 434 g/mol. The number of rotatable bonds is 10. The summed E-state index contributed by atoms with van der Waals surface area (Å²) in [4.78, 5) is 49.9. The van der Waals surface area contributed by atoms with Crippen LogP contribution >= 0.6 is 0 Å². The molecule has 34 heavy (non-hydrogen) atoms. The Bertz CT molecular complexity index is 979. The lowest BCUT2D eigenvalue weighted by Crippen LogP contribution is -2.46. The lowest BCUT2D eigenvalue weighted by Gasteiger charge is -2.57. The van der Waals surface area contributed by atoms with Gasteiger partial charge in [0.1, 0.15) is 0 Å². The zero-order valence-electron chi connectivity index (χ0n) is 19.6. The normalized spacial score (nSPS) is 28.9. The zero-order chi connectivity index (χ0) is 23.9. The molecule has 0 saturated heterocycles. The molecule has 0 atom stereocenters. The van der Waals surface area contributed by atoms with Gasteiger partial charge in [0, 0.05) is 13.0 Å². The summed E-state index contributed by atoms with van der Waals surface area (Å²) < 4.78 is 5.63. The molecule has 4 saturated carbocycles. The molecule has 1 aromatic carbocycles. The molecule has 6 rings (SSSR count). The second-order valence-electron chi connectivity index (χ2n) is 11.0. The molecule has 0 unspecified atom stereocenters. The molecule has 1 N–H and O–H groups in total. The minimum absolute atomic E-state index is 0.0798. The van der Waals surface area contributed by atoms with Crippen LogP contribution in [-0.4, -0.2) is 46.9 Å². The largest absolute Gasteiger partial charge is 0.481 e. The van der Waals surface area contributed by atoms with Crippen molar-refractivity contribution in [2.24, 2.45) is 23.2 Å². The summed E-state index contributed by atoms with van der Waals surface area (Å²) in [5.74, 6) is 0.534. The number of benzene rings is 1. The Kier molecular flexibility index (Phi) is 6.21. The Morgan fingerprint density at radius 3 is 2.24 bits per heavy atom. The standard InChI is InChI=1S/C27H33NO6/c29-23(30)4-2-1-3-8-28-24(31)21-6-5-20(13-22(21)25(28)32)26(33)34-9-7-27-14-17-10-18(15-27)12-19(11-17)16-27/h5-6,13,17-19H,1-4,7-12,14-16H2,(H,29,30). The van der Waals surface area contributed by atoms with Crippen molar-refractivity contribution in [2.45, 2.75) is 70.6 Å². The number of carbonyl (C=O) groups excluding carboxylic acids is 3. The molecule has 4 fully saturated rings. The van der Waals surface area contributed by atoms with Crippen LogP contribution < -0.4 is 0 Å². The van der Waals surface area contributed by atoms with Crippen molar-refractivity contribution < 1.29 is 29.0 Å². The van der Waals surface area contributed by atoms with Crippen molar-refractivity contribution in [2.75, 3.05) is 13.2 Å². The van der Waals surface area contributed by atoms with Crippen LogP contribution in [0.4, 0.5) is 0 Å². The molecule has 7 nitrogen and oxygen atoms in total. The summed E-state index contributed by atoms with van der Waals surface area (Å²) in [5, 5.41) is 8.71. The van der Waals surface area contributed by atoms with Gasteiger partial charge in [-0.3, -0.25) is 19.3 Å². The summed E-state index contributed by atoms with van der Waals surface area (Å²) in [6.07, 6.45) is 10.7. The molecule has 1 heterocycles. The van der Waals surface area contributed by atoms with Gasteiger partial charge in [0.15, 0.2) is 0 Å². The van der Waals surface area contributed by atoms with E-state index in [-0.39, 0.29) is 24.4 Å². The fraction of sp³-hybridized carbons (Fsp3) is 0.630. The van der Waals surface area contributed by atoms with E-state index in [1.165, 1.54) is 55.6 Å². The number of hydrogen-bond donors (Lipinski definition) is 1. The Morgan fingerprint density at radius 2 is 1.59 bits per heavy atom. The number of aliphatic carboxylic acids is 1. The van der Waals surface area contributed by atoms with Crippen molar-refractivity contribution in [3.05, 3.63) is 34.9 Å². The first-order chi connectivity index (χ1) is 16.3. The van der Waals surface area contributed by atoms with Crippen LogP contribution in [0.5, 0.6) is 0 Å². The second kappa shape index (κ2) is 9.16. The fourth-order valence-electron chi connectivity index (χ4n) is 7.38. The Morgan fingerprint density at radius 1 is 0.941 bits per heavy atom. The highest BCUT2D eigenvalue weighted by Gasteiger charge is 2.50. The molecule has 4 aliphatic carbocycles. The number of nitrogens with zero attached hydrogens (tertiary/aromatic N) is 1. The second-order valence-corrected chi connectivity index (χ2v) is 11.0. The number of carboxylic acids is 1. The van der Waals surface area contributed by atoms with Gasteiger partial charge in [-0.05, 0) is 99.2 Å². The number of fused-ring (bicyclic) bond motifs is 1. The third-order valence-electron chi connectivity index (χ3n) is 8.51. The molecule has 0 spiro atoms. The van der Waals surface area contributed by atoms with E-state index in [1.807, 2.05) is 0 Å². The summed E-state index contributed by atoms with van der Waals surface area (Å²) in [5.41, 5.74) is 1.20. The van der Waals surface area contributed by atoms with Crippen LogP contribution in [0.2, 0.25) is 0 Å². The highest BCUT2D eigenvalue weighted by Crippen LogP contribution is 2.61. The van der Waals surface area contributed by atoms with Crippen molar-refractivity contribution in [3.8, 4) is 0 Å². The minimum atomic E-state index is -0.849. The number of hydrogen-bond acceptors (Lipinski definition) is 5. The van der Waals surface area contributed by atoms with Crippen LogP contribution in [0.1, 0.15) is 102 Å². The molecule has 2 amide bonds.